The molecule has 0 unspecified atom stereocenters. The molecule has 0 aromatic heterocycles. The average Bonchev–Trinajstić information content (AvgIpc) is 2.34. The standard InChI is InChI=1S/C14H21NO3/c1-14(2,3)11-8-7-10(9-12(11)17-5)13(16)15(4)18-6/h7-9H,1-6H3. The van der Waals surface area contributed by atoms with E-state index in [1.165, 1.54) is 12.2 Å². The van der Waals surface area contributed by atoms with E-state index in [2.05, 4.69) is 20.8 Å². The topological polar surface area (TPSA) is 38.8 Å². The van der Waals surface area contributed by atoms with Crippen LogP contribution < -0.4 is 4.74 Å². The van der Waals surface area contributed by atoms with Crippen LogP contribution in [0.3, 0.4) is 0 Å². The van der Waals surface area contributed by atoms with Crippen molar-refractivity contribution in [3.8, 4) is 5.75 Å². The molecular formula is C14H21NO3. The number of ether oxygens (including phenoxy) is 1. The van der Waals surface area contributed by atoms with Gasteiger partial charge in [-0.15, -0.1) is 0 Å². The van der Waals surface area contributed by atoms with Crippen molar-refractivity contribution >= 4 is 5.91 Å². The molecule has 1 amide bonds. The quantitative estimate of drug-likeness (QED) is 0.775. The summed E-state index contributed by atoms with van der Waals surface area (Å²) in [7, 11) is 4.64. The van der Waals surface area contributed by atoms with Crippen LogP contribution in [-0.4, -0.2) is 32.2 Å². The molecule has 0 bridgehead atoms. The van der Waals surface area contributed by atoms with Crippen molar-refractivity contribution in [1.82, 2.24) is 5.06 Å². The van der Waals surface area contributed by atoms with Crippen molar-refractivity contribution in [3.63, 3.8) is 0 Å². The van der Waals surface area contributed by atoms with Crippen molar-refractivity contribution in [1.29, 1.82) is 0 Å². The number of hydrogen-bond donors (Lipinski definition) is 0. The van der Waals surface area contributed by atoms with Gasteiger partial charge in [-0.1, -0.05) is 26.8 Å². The molecule has 0 atom stereocenters. The number of carbonyl (C=O) groups excluding carboxylic acids is 1. The van der Waals surface area contributed by atoms with Crippen LogP contribution in [0.25, 0.3) is 0 Å². The fraction of sp³-hybridized carbons (Fsp3) is 0.500. The first kappa shape index (κ1) is 14.5. The van der Waals surface area contributed by atoms with E-state index in [4.69, 9.17) is 9.57 Å². The summed E-state index contributed by atoms with van der Waals surface area (Å²) in [4.78, 5) is 16.8. The normalized spacial score (nSPS) is 11.2. The van der Waals surface area contributed by atoms with Gasteiger partial charge in [0.2, 0.25) is 0 Å². The third kappa shape index (κ3) is 3.01. The van der Waals surface area contributed by atoms with Gasteiger partial charge in [0.1, 0.15) is 5.75 Å². The zero-order valence-corrected chi connectivity index (χ0v) is 11.9. The van der Waals surface area contributed by atoms with Crippen LogP contribution in [0, 0.1) is 0 Å². The van der Waals surface area contributed by atoms with E-state index in [1.807, 2.05) is 6.07 Å². The van der Waals surface area contributed by atoms with Gasteiger partial charge in [0.05, 0.1) is 14.2 Å². The highest BCUT2D eigenvalue weighted by Crippen LogP contribution is 2.32. The Morgan fingerprint density at radius 1 is 1.22 bits per heavy atom. The molecule has 0 aliphatic heterocycles. The molecule has 0 N–H and O–H groups in total. The molecule has 100 valence electrons. The van der Waals surface area contributed by atoms with Crippen LogP contribution in [0.15, 0.2) is 18.2 Å². The van der Waals surface area contributed by atoms with Crippen LogP contribution >= 0.6 is 0 Å². The number of carbonyl (C=O) groups is 1. The molecule has 4 heteroatoms. The van der Waals surface area contributed by atoms with Gasteiger partial charge in [-0.25, -0.2) is 5.06 Å². The summed E-state index contributed by atoms with van der Waals surface area (Å²) in [5, 5.41) is 1.19. The Balaban J connectivity index is 3.18. The third-order valence-electron chi connectivity index (χ3n) is 2.82. The molecule has 0 heterocycles. The minimum atomic E-state index is -0.198. The van der Waals surface area contributed by atoms with Crippen LogP contribution in [0.5, 0.6) is 5.75 Å². The predicted octanol–water partition coefficient (Wildman–Crippen LogP) is 2.63. The Kier molecular flexibility index (Phi) is 4.35. The smallest absolute Gasteiger partial charge is 0.277 e. The molecule has 0 aliphatic rings. The highest BCUT2D eigenvalue weighted by atomic mass is 16.7. The number of hydrogen-bond acceptors (Lipinski definition) is 3. The Morgan fingerprint density at radius 2 is 1.83 bits per heavy atom. The fourth-order valence-electron chi connectivity index (χ4n) is 1.71. The van der Waals surface area contributed by atoms with Crippen LogP contribution in [-0.2, 0) is 10.3 Å². The monoisotopic (exact) mass is 251 g/mol. The molecule has 1 rings (SSSR count). The molecule has 4 nitrogen and oxygen atoms in total. The number of benzene rings is 1. The zero-order chi connectivity index (χ0) is 13.9. The van der Waals surface area contributed by atoms with Gasteiger partial charge in [-0.05, 0) is 23.1 Å². The first-order valence-corrected chi connectivity index (χ1v) is 5.82. The molecular weight excluding hydrogens is 230 g/mol. The third-order valence-corrected chi connectivity index (χ3v) is 2.82. The Morgan fingerprint density at radius 3 is 2.28 bits per heavy atom. The lowest BCUT2D eigenvalue weighted by atomic mass is 9.85. The van der Waals surface area contributed by atoms with E-state index in [-0.39, 0.29) is 11.3 Å². The number of rotatable bonds is 3. The van der Waals surface area contributed by atoms with E-state index in [9.17, 15) is 4.79 Å². The van der Waals surface area contributed by atoms with Gasteiger partial charge in [0.15, 0.2) is 0 Å². The van der Waals surface area contributed by atoms with Crippen molar-refractivity contribution < 1.29 is 14.4 Å². The number of methoxy groups -OCH3 is 1. The van der Waals surface area contributed by atoms with Crippen LogP contribution in [0.2, 0.25) is 0 Å². The first-order valence-electron chi connectivity index (χ1n) is 5.82. The van der Waals surface area contributed by atoms with E-state index in [1.54, 1.807) is 26.3 Å². The van der Waals surface area contributed by atoms with Crippen LogP contribution in [0.4, 0.5) is 0 Å². The maximum Gasteiger partial charge on any atom is 0.277 e. The summed E-state index contributed by atoms with van der Waals surface area (Å²) in [5.74, 6) is 0.522. The van der Waals surface area contributed by atoms with Gasteiger partial charge in [0.25, 0.3) is 5.91 Å². The Labute approximate surface area is 108 Å². The minimum absolute atomic E-state index is 0.0277. The van der Waals surface area contributed by atoms with Gasteiger partial charge < -0.3 is 4.74 Å². The zero-order valence-electron chi connectivity index (χ0n) is 11.9. The van der Waals surface area contributed by atoms with E-state index in [0.29, 0.717) is 5.56 Å². The molecule has 0 saturated heterocycles. The highest BCUT2D eigenvalue weighted by molar-refractivity contribution is 5.93. The van der Waals surface area contributed by atoms with Gasteiger partial charge in [-0.3, -0.25) is 9.63 Å². The minimum Gasteiger partial charge on any atom is -0.496 e. The van der Waals surface area contributed by atoms with Crippen LogP contribution in [0.1, 0.15) is 36.7 Å². The molecule has 0 fully saturated rings. The van der Waals surface area contributed by atoms with Gasteiger partial charge in [-0.2, -0.15) is 0 Å². The maximum absolute atomic E-state index is 12.0. The molecule has 1 aromatic rings. The van der Waals surface area contributed by atoms with E-state index in [0.717, 1.165) is 11.3 Å². The fourth-order valence-corrected chi connectivity index (χ4v) is 1.71. The molecule has 0 radical (unpaired) electrons. The van der Waals surface area contributed by atoms with Gasteiger partial charge >= 0.3 is 0 Å². The Hall–Kier alpha value is -1.55. The lowest BCUT2D eigenvalue weighted by molar-refractivity contribution is -0.0757. The molecule has 0 aliphatic carbocycles. The Bertz CT molecular complexity index is 435. The summed E-state index contributed by atoms with van der Waals surface area (Å²) in [6, 6.07) is 5.47. The van der Waals surface area contributed by atoms with Crippen molar-refractivity contribution in [2.24, 2.45) is 0 Å². The number of amides is 1. The average molecular weight is 251 g/mol. The van der Waals surface area contributed by atoms with E-state index >= 15 is 0 Å². The summed E-state index contributed by atoms with van der Waals surface area (Å²) < 4.78 is 5.36. The predicted molar refractivity (Wildman–Crippen MR) is 70.8 cm³/mol. The molecule has 18 heavy (non-hydrogen) atoms. The highest BCUT2D eigenvalue weighted by Gasteiger charge is 2.21. The largest absolute Gasteiger partial charge is 0.496 e. The SMILES string of the molecule is COc1cc(C(=O)N(C)OC)ccc1C(C)(C)C. The summed E-state index contributed by atoms with van der Waals surface area (Å²) in [6.45, 7) is 6.31. The summed E-state index contributed by atoms with van der Waals surface area (Å²) in [5.41, 5.74) is 1.59. The maximum atomic E-state index is 12.0. The lowest BCUT2D eigenvalue weighted by Gasteiger charge is -2.23. The molecule has 1 aromatic carbocycles. The summed E-state index contributed by atoms with van der Waals surface area (Å²) >= 11 is 0. The summed E-state index contributed by atoms with van der Waals surface area (Å²) in [6.07, 6.45) is 0. The van der Waals surface area contributed by atoms with Gasteiger partial charge in [0, 0.05) is 12.6 Å². The first-order chi connectivity index (χ1) is 8.31. The molecule has 0 spiro atoms. The second-order valence-corrected chi connectivity index (χ2v) is 5.15. The number of nitrogens with zero attached hydrogens (tertiary/aromatic N) is 1. The van der Waals surface area contributed by atoms with Crippen molar-refractivity contribution in [2.75, 3.05) is 21.3 Å². The lowest BCUT2D eigenvalue weighted by Crippen LogP contribution is -2.25. The molecule has 0 saturated carbocycles. The van der Waals surface area contributed by atoms with Crippen molar-refractivity contribution in [2.45, 2.75) is 26.2 Å². The van der Waals surface area contributed by atoms with E-state index < -0.39 is 0 Å². The number of hydroxylamine groups is 2. The second kappa shape index (κ2) is 5.40. The second-order valence-electron chi connectivity index (χ2n) is 5.15. The van der Waals surface area contributed by atoms with Crippen molar-refractivity contribution in [3.05, 3.63) is 29.3 Å².